The smallest absolute Gasteiger partial charge is 0.222 e. The van der Waals surface area contributed by atoms with Gasteiger partial charge in [0.05, 0.1) is 12.7 Å². The van der Waals surface area contributed by atoms with Crippen LogP contribution in [-0.4, -0.2) is 41.2 Å². The number of methoxy groups -OCH3 is 1. The molecule has 122 valence electrons. The maximum Gasteiger partial charge on any atom is 0.222 e. The van der Waals surface area contributed by atoms with E-state index in [-0.39, 0.29) is 12.1 Å². The molecular weight excluding hydrogens is 292 g/mol. The van der Waals surface area contributed by atoms with Crippen LogP contribution in [0.25, 0.3) is 0 Å². The summed E-state index contributed by atoms with van der Waals surface area (Å²) in [7, 11) is 3.63. The van der Waals surface area contributed by atoms with E-state index in [2.05, 4.69) is 27.9 Å². The standard InChI is InChI=1S/C17H22N4O2/c1-11(15-8-12-6-4-5-7-14(12)23-15)21(2)9-13-16(18)19-10-20-17(13)22-3/h4-7,10-11,15H,8-9H2,1-3H3,(H2,18,19,20)/t11-,15-/m1/s1. The third kappa shape index (κ3) is 3.07. The molecule has 0 amide bonds. The maximum absolute atomic E-state index is 6.08. The van der Waals surface area contributed by atoms with Gasteiger partial charge in [0.2, 0.25) is 5.88 Å². The Labute approximate surface area is 136 Å². The zero-order valence-corrected chi connectivity index (χ0v) is 13.7. The van der Waals surface area contributed by atoms with Crippen LogP contribution in [0.5, 0.6) is 11.6 Å². The molecule has 0 bridgehead atoms. The molecule has 3 rings (SSSR count). The molecule has 0 saturated heterocycles. The second-order valence-electron chi connectivity index (χ2n) is 5.87. The Hall–Kier alpha value is -2.34. The van der Waals surface area contributed by atoms with E-state index in [9.17, 15) is 0 Å². The normalized spacial score (nSPS) is 17.7. The molecule has 0 unspecified atom stereocenters. The molecule has 0 radical (unpaired) electrons. The summed E-state index contributed by atoms with van der Waals surface area (Å²) in [6, 6.07) is 8.41. The van der Waals surface area contributed by atoms with Gasteiger partial charge >= 0.3 is 0 Å². The van der Waals surface area contributed by atoms with Crippen LogP contribution in [0.2, 0.25) is 0 Å². The number of nitrogens with two attached hydrogens (primary N) is 1. The van der Waals surface area contributed by atoms with E-state index in [1.807, 2.05) is 25.2 Å². The zero-order valence-electron chi connectivity index (χ0n) is 13.7. The van der Waals surface area contributed by atoms with Gasteiger partial charge in [-0.25, -0.2) is 9.97 Å². The minimum Gasteiger partial charge on any atom is -0.488 e. The van der Waals surface area contributed by atoms with Crippen LogP contribution in [0.15, 0.2) is 30.6 Å². The Morgan fingerprint density at radius 3 is 2.91 bits per heavy atom. The number of hydrogen-bond acceptors (Lipinski definition) is 6. The zero-order chi connectivity index (χ0) is 16.4. The Balaban J connectivity index is 1.71. The highest BCUT2D eigenvalue weighted by atomic mass is 16.5. The molecule has 1 aromatic heterocycles. The molecule has 1 aromatic carbocycles. The molecule has 1 aliphatic rings. The number of rotatable bonds is 5. The fourth-order valence-electron chi connectivity index (χ4n) is 2.89. The summed E-state index contributed by atoms with van der Waals surface area (Å²) >= 11 is 0. The Bertz CT molecular complexity index is 667. The van der Waals surface area contributed by atoms with Gasteiger partial charge in [0.15, 0.2) is 0 Å². The van der Waals surface area contributed by atoms with Crippen molar-refractivity contribution >= 4 is 5.82 Å². The van der Waals surface area contributed by atoms with Crippen molar-refractivity contribution in [2.45, 2.75) is 32.0 Å². The van der Waals surface area contributed by atoms with Crippen molar-refractivity contribution in [1.29, 1.82) is 0 Å². The highest BCUT2D eigenvalue weighted by Crippen LogP contribution is 2.31. The number of aromatic nitrogens is 2. The molecule has 2 N–H and O–H groups in total. The Kier molecular flexibility index (Phi) is 4.34. The minimum absolute atomic E-state index is 0.120. The number of benzene rings is 1. The lowest BCUT2D eigenvalue weighted by Gasteiger charge is -2.29. The van der Waals surface area contributed by atoms with Gasteiger partial charge in [-0.2, -0.15) is 0 Å². The molecule has 6 nitrogen and oxygen atoms in total. The number of ether oxygens (including phenoxy) is 2. The highest BCUT2D eigenvalue weighted by molar-refractivity contribution is 5.44. The summed E-state index contributed by atoms with van der Waals surface area (Å²) in [5.41, 5.74) is 8.05. The van der Waals surface area contributed by atoms with Crippen molar-refractivity contribution in [3.8, 4) is 11.6 Å². The molecule has 6 heteroatoms. The summed E-state index contributed by atoms with van der Waals surface area (Å²) in [5.74, 6) is 1.96. The number of hydrogen-bond donors (Lipinski definition) is 1. The first-order chi connectivity index (χ1) is 11.1. The molecule has 23 heavy (non-hydrogen) atoms. The van der Waals surface area contributed by atoms with Crippen LogP contribution in [0.3, 0.4) is 0 Å². The first kappa shape index (κ1) is 15.6. The van der Waals surface area contributed by atoms with Crippen LogP contribution in [-0.2, 0) is 13.0 Å². The van der Waals surface area contributed by atoms with E-state index in [1.165, 1.54) is 11.9 Å². The van der Waals surface area contributed by atoms with Crippen LogP contribution in [0, 0.1) is 0 Å². The predicted molar refractivity (Wildman–Crippen MR) is 88.5 cm³/mol. The van der Waals surface area contributed by atoms with Crippen LogP contribution >= 0.6 is 0 Å². The Morgan fingerprint density at radius 2 is 2.17 bits per heavy atom. The SMILES string of the molecule is COc1ncnc(N)c1CN(C)[C@H](C)[C@H]1Cc2ccccc2O1. The van der Waals surface area contributed by atoms with Gasteiger partial charge < -0.3 is 15.2 Å². The van der Waals surface area contributed by atoms with E-state index in [0.717, 1.165) is 17.7 Å². The van der Waals surface area contributed by atoms with Crippen molar-refractivity contribution < 1.29 is 9.47 Å². The van der Waals surface area contributed by atoms with Gasteiger partial charge in [-0.05, 0) is 25.6 Å². The summed E-state index contributed by atoms with van der Waals surface area (Å²) in [5, 5.41) is 0. The monoisotopic (exact) mass is 314 g/mol. The molecule has 0 spiro atoms. The molecule has 2 aromatic rings. The molecular formula is C17H22N4O2. The second kappa shape index (κ2) is 6.42. The molecule has 0 aliphatic carbocycles. The molecule has 2 atom stereocenters. The van der Waals surface area contributed by atoms with Crippen molar-refractivity contribution in [1.82, 2.24) is 14.9 Å². The average Bonchev–Trinajstić information content (AvgIpc) is 2.99. The fraction of sp³-hybridized carbons (Fsp3) is 0.412. The molecule has 0 fully saturated rings. The number of nitrogen functional groups attached to an aromatic ring is 1. The molecule has 1 aliphatic heterocycles. The van der Waals surface area contributed by atoms with E-state index >= 15 is 0 Å². The van der Waals surface area contributed by atoms with E-state index in [4.69, 9.17) is 15.2 Å². The van der Waals surface area contributed by atoms with Gasteiger partial charge in [0, 0.05) is 19.0 Å². The lowest BCUT2D eigenvalue weighted by molar-refractivity contribution is 0.104. The average molecular weight is 314 g/mol. The topological polar surface area (TPSA) is 73.5 Å². The number of likely N-dealkylation sites (N-methyl/N-ethyl adjacent to an activating group) is 1. The van der Waals surface area contributed by atoms with Crippen LogP contribution in [0.4, 0.5) is 5.82 Å². The first-order valence-corrected chi connectivity index (χ1v) is 7.68. The van der Waals surface area contributed by atoms with Gasteiger partial charge in [0.25, 0.3) is 0 Å². The summed E-state index contributed by atoms with van der Waals surface area (Å²) in [6.45, 7) is 2.76. The van der Waals surface area contributed by atoms with E-state index in [0.29, 0.717) is 18.2 Å². The molecule has 0 saturated carbocycles. The third-order valence-electron chi connectivity index (χ3n) is 4.45. The second-order valence-corrected chi connectivity index (χ2v) is 5.87. The summed E-state index contributed by atoms with van der Waals surface area (Å²) in [6.07, 6.45) is 2.45. The lowest BCUT2D eigenvalue weighted by Crippen LogP contribution is -2.41. The van der Waals surface area contributed by atoms with E-state index < -0.39 is 0 Å². The van der Waals surface area contributed by atoms with Crippen LogP contribution < -0.4 is 15.2 Å². The van der Waals surface area contributed by atoms with Gasteiger partial charge in [0.1, 0.15) is 24.0 Å². The first-order valence-electron chi connectivity index (χ1n) is 7.68. The van der Waals surface area contributed by atoms with Crippen molar-refractivity contribution in [3.63, 3.8) is 0 Å². The number of fused-ring (bicyclic) bond motifs is 1. The lowest BCUT2D eigenvalue weighted by atomic mass is 10.0. The highest BCUT2D eigenvalue weighted by Gasteiger charge is 2.30. The fourth-order valence-corrected chi connectivity index (χ4v) is 2.89. The van der Waals surface area contributed by atoms with Crippen LogP contribution in [0.1, 0.15) is 18.1 Å². The van der Waals surface area contributed by atoms with Crippen molar-refractivity contribution in [2.24, 2.45) is 0 Å². The number of para-hydroxylation sites is 1. The molecule has 2 heterocycles. The van der Waals surface area contributed by atoms with Crippen molar-refractivity contribution in [2.75, 3.05) is 19.9 Å². The summed E-state index contributed by atoms with van der Waals surface area (Å²) in [4.78, 5) is 10.4. The summed E-state index contributed by atoms with van der Waals surface area (Å²) < 4.78 is 11.4. The predicted octanol–water partition coefficient (Wildman–Crippen LogP) is 1.89. The van der Waals surface area contributed by atoms with Gasteiger partial charge in [-0.3, -0.25) is 4.90 Å². The minimum atomic E-state index is 0.120. The number of anilines is 1. The van der Waals surface area contributed by atoms with Gasteiger partial charge in [-0.1, -0.05) is 18.2 Å². The maximum atomic E-state index is 6.08. The van der Waals surface area contributed by atoms with Gasteiger partial charge in [-0.15, -0.1) is 0 Å². The number of nitrogens with zero attached hydrogens (tertiary/aromatic N) is 3. The Morgan fingerprint density at radius 1 is 1.39 bits per heavy atom. The quantitative estimate of drug-likeness (QED) is 0.908. The largest absolute Gasteiger partial charge is 0.488 e. The van der Waals surface area contributed by atoms with E-state index in [1.54, 1.807) is 7.11 Å². The van der Waals surface area contributed by atoms with Crippen molar-refractivity contribution in [3.05, 3.63) is 41.7 Å². The third-order valence-corrected chi connectivity index (χ3v) is 4.45.